The van der Waals surface area contributed by atoms with Crippen LogP contribution in [0.25, 0.3) is 11.2 Å². The number of carbonyl (C=O) groups is 5. The van der Waals surface area contributed by atoms with Gasteiger partial charge in [0.1, 0.15) is 6.04 Å². The fraction of sp³-hybridized carbons (Fsp3) is 0.532. The molecule has 22 heteroatoms. The molecule has 0 spiro atoms. The van der Waals surface area contributed by atoms with Gasteiger partial charge in [-0.2, -0.15) is 15.0 Å². The molecule has 4 amide bonds. The van der Waals surface area contributed by atoms with Crippen molar-refractivity contribution in [3.05, 3.63) is 70.8 Å². The molecular formula is C47H64F2N10O10. The van der Waals surface area contributed by atoms with E-state index >= 15 is 0 Å². The number of aromatic hydroxyl groups is 1. The number of fused-ring (bicyclic) bond motifs is 1. The highest BCUT2D eigenvalue weighted by Gasteiger charge is 2.60. The second kappa shape index (κ2) is 25.7. The van der Waals surface area contributed by atoms with Crippen molar-refractivity contribution in [2.24, 2.45) is 17.1 Å². The molecule has 69 heavy (non-hydrogen) atoms. The van der Waals surface area contributed by atoms with Gasteiger partial charge in [-0.05, 0) is 73.4 Å². The van der Waals surface area contributed by atoms with E-state index in [0.29, 0.717) is 23.4 Å². The Hall–Kier alpha value is -6.52. The Balaban J connectivity index is 0.946. The van der Waals surface area contributed by atoms with Gasteiger partial charge in [0, 0.05) is 44.1 Å². The molecule has 5 rings (SSSR count). The number of primary amides is 1. The molecule has 9 N–H and O–H groups in total. The third-order valence-corrected chi connectivity index (χ3v) is 11.7. The van der Waals surface area contributed by atoms with Crippen molar-refractivity contribution in [3.63, 3.8) is 0 Å². The number of nitrogens with two attached hydrogens (primary N) is 2. The molecule has 0 bridgehead atoms. The van der Waals surface area contributed by atoms with Crippen LogP contribution >= 0.6 is 0 Å². The average Bonchev–Trinajstić information content (AvgIpc) is 3.96. The molecule has 0 radical (unpaired) electrons. The Bertz CT molecular complexity index is 2390. The molecule has 0 aliphatic heterocycles. The average molecular weight is 967 g/mol. The van der Waals surface area contributed by atoms with Gasteiger partial charge in [0.15, 0.2) is 28.6 Å². The summed E-state index contributed by atoms with van der Waals surface area (Å²) in [7, 11) is 0. The van der Waals surface area contributed by atoms with Gasteiger partial charge in [-0.15, -0.1) is 0 Å². The Morgan fingerprint density at radius 3 is 2.28 bits per heavy atom. The number of hydrogen-bond acceptors (Lipinski definition) is 15. The van der Waals surface area contributed by atoms with Crippen LogP contribution in [0.2, 0.25) is 0 Å². The standard InChI is InChI=1S/C47H64F2N10O10/c1-5-7-18-69-45-57-40(50)39-41(58-45)59(46(65)56-39)27-29-8-10-30(11-9-29)42(62)53-17-20-67-22-21-66-19-16-52-37(60)15-14-35(43(63)68-6-2)54-26-36(28(3)4)55-38(61)25-47(44(51)64)24-32(47)31-12-13-33(48)34(49)23-31/h8-13,23,28,32,35-36,54H,5-7,14-22,24-27H2,1-4H3,(H2,51,64)(H,52,60)(H,53,62)(H,55,61)(H,56,65)(H2,50,57,58)/t32?,35-,36-,47?/m1/s1. The fourth-order valence-corrected chi connectivity index (χ4v) is 7.58. The summed E-state index contributed by atoms with van der Waals surface area (Å²) in [6.07, 6.45) is 1.84. The van der Waals surface area contributed by atoms with Crippen LogP contribution in [0.3, 0.4) is 0 Å². The van der Waals surface area contributed by atoms with Crippen LogP contribution in [0, 0.1) is 23.0 Å². The molecule has 1 aliphatic carbocycles. The predicted molar refractivity (Wildman–Crippen MR) is 249 cm³/mol. The van der Waals surface area contributed by atoms with Crippen molar-refractivity contribution in [2.45, 2.75) is 90.8 Å². The minimum absolute atomic E-state index is 0.00389. The number of nitrogens with zero attached hydrogens (tertiary/aromatic N) is 4. The van der Waals surface area contributed by atoms with Gasteiger partial charge in [-0.25, -0.2) is 8.78 Å². The van der Waals surface area contributed by atoms with Gasteiger partial charge in [0.25, 0.3) is 11.9 Å². The summed E-state index contributed by atoms with van der Waals surface area (Å²) in [5, 5.41) is 22.1. The Kier molecular flexibility index (Phi) is 19.9. The third-order valence-electron chi connectivity index (χ3n) is 11.7. The smallest absolute Gasteiger partial charge is 0.323 e. The number of anilines is 1. The summed E-state index contributed by atoms with van der Waals surface area (Å²) in [6.45, 7) is 9.78. The van der Waals surface area contributed by atoms with Crippen LogP contribution in [0.4, 0.5) is 14.6 Å². The van der Waals surface area contributed by atoms with E-state index in [1.165, 1.54) is 10.6 Å². The molecule has 2 aromatic heterocycles. The molecule has 20 nitrogen and oxygen atoms in total. The fourth-order valence-electron chi connectivity index (χ4n) is 7.58. The van der Waals surface area contributed by atoms with E-state index in [1.807, 2.05) is 20.8 Å². The van der Waals surface area contributed by atoms with Crippen LogP contribution < -0.4 is 37.5 Å². The van der Waals surface area contributed by atoms with E-state index < -0.39 is 52.8 Å². The van der Waals surface area contributed by atoms with Gasteiger partial charge in [-0.3, -0.25) is 28.5 Å². The predicted octanol–water partition coefficient (Wildman–Crippen LogP) is 2.99. The Labute approximate surface area is 399 Å². The molecule has 1 saturated carbocycles. The maximum atomic E-state index is 13.9. The lowest BCUT2D eigenvalue weighted by molar-refractivity contribution is -0.146. The monoisotopic (exact) mass is 966 g/mol. The first-order chi connectivity index (χ1) is 33.1. The van der Waals surface area contributed by atoms with Crippen molar-refractivity contribution < 1.29 is 56.8 Å². The molecule has 4 aromatic rings. The number of aromatic nitrogens is 4. The molecule has 1 fully saturated rings. The number of esters is 1. The number of ether oxygens (including phenoxy) is 4. The second-order valence-corrected chi connectivity index (χ2v) is 17.1. The lowest BCUT2D eigenvalue weighted by Crippen LogP contribution is -2.50. The number of imidazole rings is 1. The number of carbonyl (C=O) groups excluding carboxylic acids is 5. The largest absolute Gasteiger partial charge is 0.480 e. The van der Waals surface area contributed by atoms with E-state index in [0.717, 1.165) is 30.5 Å². The topological polar surface area (TPSA) is 286 Å². The number of unbranched alkanes of at least 4 members (excludes halogenated alkanes) is 1. The number of halogens is 2. The first kappa shape index (κ1) is 53.4. The van der Waals surface area contributed by atoms with Crippen molar-refractivity contribution in [2.75, 3.05) is 65.0 Å². The zero-order valence-corrected chi connectivity index (χ0v) is 39.5. The Morgan fingerprint density at radius 1 is 0.913 bits per heavy atom. The number of nitrogens with one attached hydrogen (secondary N) is 4. The summed E-state index contributed by atoms with van der Waals surface area (Å²) in [4.78, 5) is 76.6. The normalized spacial score (nSPS) is 16.2. The minimum atomic E-state index is -1.24. The quantitative estimate of drug-likeness (QED) is 0.0292. The summed E-state index contributed by atoms with van der Waals surface area (Å²) in [5.41, 5.74) is 12.7. The Morgan fingerprint density at radius 2 is 1.62 bits per heavy atom. The lowest BCUT2D eigenvalue weighted by Gasteiger charge is -2.26. The zero-order valence-electron chi connectivity index (χ0n) is 39.5. The number of benzene rings is 2. The van der Waals surface area contributed by atoms with Crippen LogP contribution in [0.15, 0.2) is 42.5 Å². The van der Waals surface area contributed by atoms with Crippen LogP contribution in [0.5, 0.6) is 12.0 Å². The van der Waals surface area contributed by atoms with Crippen LogP contribution in [0.1, 0.15) is 93.6 Å². The van der Waals surface area contributed by atoms with E-state index in [2.05, 4.69) is 36.2 Å². The SMILES string of the molecule is CCCCOc1nc(N)c2nc(O)n(Cc3ccc(C(=O)NCCOCCOCCNC(=O)CC[C@@H](NC[C@@H](NC(=O)CC4(C(N)=O)CC4c4ccc(F)c(F)c4)C(C)C)C(=O)OCC)cc3)c2n1. The van der Waals surface area contributed by atoms with E-state index in [-0.39, 0.29) is 126 Å². The maximum absolute atomic E-state index is 13.9. The van der Waals surface area contributed by atoms with Crippen LogP contribution in [-0.2, 0) is 39.9 Å². The molecule has 2 unspecified atom stereocenters. The molecule has 0 saturated heterocycles. The number of amides is 4. The summed E-state index contributed by atoms with van der Waals surface area (Å²) in [6, 6.07) is 8.69. The van der Waals surface area contributed by atoms with Gasteiger partial charge in [-0.1, -0.05) is 45.4 Å². The molecule has 376 valence electrons. The van der Waals surface area contributed by atoms with Gasteiger partial charge >= 0.3 is 12.0 Å². The minimum Gasteiger partial charge on any atom is -0.480 e. The number of hydrogen-bond donors (Lipinski definition) is 7. The molecule has 2 heterocycles. The van der Waals surface area contributed by atoms with Gasteiger partial charge in [0.05, 0.1) is 51.6 Å². The first-order valence-corrected chi connectivity index (χ1v) is 23.2. The van der Waals surface area contributed by atoms with E-state index in [9.17, 15) is 37.9 Å². The van der Waals surface area contributed by atoms with Crippen molar-refractivity contribution in [1.29, 1.82) is 0 Å². The molecule has 4 atom stereocenters. The van der Waals surface area contributed by atoms with Gasteiger partial charge in [0.2, 0.25) is 17.7 Å². The molecular weight excluding hydrogens is 903 g/mol. The number of rotatable bonds is 30. The maximum Gasteiger partial charge on any atom is 0.323 e. The summed E-state index contributed by atoms with van der Waals surface area (Å²) in [5.74, 6) is -4.94. The zero-order chi connectivity index (χ0) is 50.1. The number of nitrogen functional groups attached to an aromatic ring is 1. The lowest BCUT2D eigenvalue weighted by atomic mass is 9.93. The van der Waals surface area contributed by atoms with Crippen molar-refractivity contribution >= 4 is 46.6 Å². The van der Waals surface area contributed by atoms with Crippen molar-refractivity contribution in [3.8, 4) is 12.0 Å². The first-order valence-electron chi connectivity index (χ1n) is 23.2. The van der Waals surface area contributed by atoms with Gasteiger partial charge < -0.3 is 56.8 Å². The summed E-state index contributed by atoms with van der Waals surface area (Å²) >= 11 is 0. The second-order valence-electron chi connectivity index (χ2n) is 17.1. The molecule has 2 aromatic carbocycles. The highest BCUT2D eigenvalue weighted by atomic mass is 19.2. The van der Waals surface area contributed by atoms with Crippen molar-refractivity contribution in [1.82, 2.24) is 40.8 Å². The highest BCUT2D eigenvalue weighted by Crippen LogP contribution is 2.61. The van der Waals surface area contributed by atoms with Crippen LogP contribution in [-0.4, -0.2) is 126 Å². The van der Waals surface area contributed by atoms with E-state index in [4.69, 9.17) is 30.4 Å². The third kappa shape index (κ3) is 15.2. The summed E-state index contributed by atoms with van der Waals surface area (Å²) < 4.78 is 50.8. The van der Waals surface area contributed by atoms with E-state index in [1.54, 1.807) is 31.2 Å². The molecule has 1 aliphatic rings. The highest BCUT2D eigenvalue weighted by molar-refractivity contribution is 5.94.